The zero-order valence-electron chi connectivity index (χ0n) is 19.1. The first-order chi connectivity index (χ1) is 15.6. The van der Waals surface area contributed by atoms with E-state index in [0.717, 1.165) is 35.3 Å². The van der Waals surface area contributed by atoms with Crippen LogP contribution in [0.2, 0.25) is 0 Å². The van der Waals surface area contributed by atoms with E-state index in [2.05, 4.69) is 38.1 Å². The summed E-state index contributed by atoms with van der Waals surface area (Å²) >= 11 is 0. The van der Waals surface area contributed by atoms with Crippen molar-refractivity contribution in [2.75, 3.05) is 20.3 Å². The van der Waals surface area contributed by atoms with Crippen molar-refractivity contribution in [3.63, 3.8) is 0 Å². The molecule has 4 rings (SSSR count). The van der Waals surface area contributed by atoms with Crippen LogP contribution in [0, 0.1) is 0 Å². The molecule has 0 bridgehead atoms. The summed E-state index contributed by atoms with van der Waals surface area (Å²) in [5.41, 5.74) is 2.88. The van der Waals surface area contributed by atoms with E-state index in [1.54, 1.807) is 7.11 Å². The number of carbonyl (C=O) groups excluding carboxylic acids is 1. The van der Waals surface area contributed by atoms with E-state index in [9.17, 15) is 4.79 Å². The van der Waals surface area contributed by atoms with E-state index in [-0.39, 0.29) is 11.8 Å². The van der Waals surface area contributed by atoms with Crippen LogP contribution >= 0.6 is 0 Å². The second-order valence-electron chi connectivity index (χ2n) is 8.35. The maximum atomic E-state index is 13.5. The maximum Gasteiger partial charge on any atom is 0.257 e. The molecule has 1 unspecified atom stereocenters. The predicted octanol–water partition coefficient (Wildman–Crippen LogP) is 5.97. The fraction of sp³-hybridized carbons (Fsp3) is 0.321. The minimum Gasteiger partial charge on any atom is -0.497 e. The number of benzene rings is 3. The second kappa shape index (κ2) is 9.58. The van der Waals surface area contributed by atoms with Gasteiger partial charge >= 0.3 is 0 Å². The molecule has 0 radical (unpaired) electrons. The topological polar surface area (TPSA) is 38.8 Å². The minimum atomic E-state index is -0.926. The van der Waals surface area contributed by atoms with Crippen molar-refractivity contribution in [2.45, 2.75) is 38.3 Å². The Morgan fingerprint density at radius 3 is 2.31 bits per heavy atom. The van der Waals surface area contributed by atoms with Crippen LogP contribution < -0.4 is 4.74 Å². The number of fused-ring (bicyclic) bond motifs is 1. The van der Waals surface area contributed by atoms with Crippen LogP contribution in [0.4, 0.5) is 0 Å². The van der Waals surface area contributed by atoms with Gasteiger partial charge in [0.25, 0.3) is 5.91 Å². The lowest BCUT2D eigenvalue weighted by atomic mass is 9.92. The lowest BCUT2D eigenvalue weighted by Crippen LogP contribution is -2.48. The lowest BCUT2D eigenvalue weighted by Gasteiger charge is -2.40. The molecule has 1 amide bonds. The molecule has 0 fully saturated rings. The van der Waals surface area contributed by atoms with Gasteiger partial charge in [-0.05, 0) is 30.2 Å². The summed E-state index contributed by atoms with van der Waals surface area (Å²) in [6.07, 6.45) is 1.93. The van der Waals surface area contributed by atoms with E-state index in [4.69, 9.17) is 9.47 Å². The Hall–Kier alpha value is -3.11. The Labute approximate surface area is 190 Å². The number of hydrogen-bond acceptors (Lipinski definition) is 3. The van der Waals surface area contributed by atoms with Gasteiger partial charge in [-0.15, -0.1) is 0 Å². The average molecular weight is 430 g/mol. The van der Waals surface area contributed by atoms with Crippen LogP contribution in [0.1, 0.15) is 59.7 Å². The fourth-order valence-corrected chi connectivity index (χ4v) is 4.46. The summed E-state index contributed by atoms with van der Waals surface area (Å²) in [5, 5.41) is 0. The zero-order valence-corrected chi connectivity index (χ0v) is 19.1. The third-order valence-corrected chi connectivity index (χ3v) is 6.28. The number of rotatable bonds is 9. The van der Waals surface area contributed by atoms with E-state index in [0.29, 0.717) is 13.2 Å². The van der Waals surface area contributed by atoms with Crippen molar-refractivity contribution in [3.8, 4) is 5.75 Å². The van der Waals surface area contributed by atoms with Crippen LogP contribution in [0.25, 0.3) is 0 Å². The molecule has 4 nitrogen and oxygen atoms in total. The average Bonchev–Trinajstić information content (AvgIpc) is 3.10. The number of amides is 1. The van der Waals surface area contributed by atoms with E-state index in [1.807, 2.05) is 59.5 Å². The molecule has 0 saturated carbocycles. The summed E-state index contributed by atoms with van der Waals surface area (Å²) < 4.78 is 12.1. The molecule has 1 heterocycles. The smallest absolute Gasteiger partial charge is 0.257 e. The van der Waals surface area contributed by atoms with Crippen molar-refractivity contribution in [3.05, 3.63) is 101 Å². The molecule has 0 aliphatic carbocycles. The third-order valence-electron chi connectivity index (χ3n) is 6.28. The number of methoxy groups -OCH3 is 1. The lowest BCUT2D eigenvalue weighted by molar-refractivity contribution is -0.111. The SMILES string of the molecule is CCCCN1C(=O)c2ccccc2C1(OC[C@H](C)c1ccc(OC)cc1)c1ccccc1. The Kier molecular flexibility index (Phi) is 6.61. The monoisotopic (exact) mass is 429 g/mol. The molecule has 3 aromatic rings. The summed E-state index contributed by atoms with van der Waals surface area (Å²) in [7, 11) is 1.67. The highest BCUT2D eigenvalue weighted by molar-refractivity contribution is 6.00. The molecule has 1 aliphatic rings. The van der Waals surface area contributed by atoms with Gasteiger partial charge in [0.05, 0.1) is 13.7 Å². The summed E-state index contributed by atoms with van der Waals surface area (Å²) in [6.45, 7) is 5.42. The van der Waals surface area contributed by atoms with Gasteiger partial charge in [0.1, 0.15) is 5.75 Å². The number of carbonyl (C=O) groups is 1. The van der Waals surface area contributed by atoms with Crippen LogP contribution in [0.5, 0.6) is 5.75 Å². The van der Waals surface area contributed by atoms with E-state index < -0.39 is 5.72 Å². The molecular weight excluding hydrogens is 398 g/mol. The van der Waals surface area contributed by atoms with Crippen molar-refractivity contribution < 1.29 is 14.3 Å². The first kappa shape index (κ1) is 22.1. The van der Waals surface area contributed by atoms with Crippen LogP contribution in [-0.2, 0) is 10.5 Å². The molecule has 166 valence electrons. The largest absolute Gasteiger partial charge is 0.497 e. The second-order valence-corrected chi connectivity index (χ2v) is 8.35. The van der Waals surface area contributed by atoms with Gasteiger partial charge in [-0.3, -0.25) is 4.79 Å². The first-order valence-electron chi connectivity index (χ1n) is 11.4. The Morgan fingerprint density at radius 1 is 0.938 bits per heavy atom. The number of nitrogens with zero attached hydrogens (tertiary/aromatic N) is 1. The van der Waals surface area contributed by atoms with Gasteiger partial charge in [-0.25, -0.2) is 0 Å². The summed E-state index contributed by atoms with van der Waals surface area (Å²) in [4.78, 5) is 15.4. The van der Waals surface area contributed by atoms with E-state index in [1.165, 1.54) is 5.56 Å². The zero-order chi connectivity index (χ0) is 22.6. The normalized spacial score (nSPS) is 18.5. The fourth-order valence-electron chi connectivity index (χ4n) is 4.46. The molecule has 0 spiro atoms. The molecule has 0 aromatic heterocycles. The minimum absolute atomic E-state index is 0.0370. The van der Waals surface area contributed by atoms with Gasteiger partial charge in [0.15, 0.2) is 5.72 Å². The van der Waals surface area contributed by atoms with Crippen molar-refractivity contribution in [2.24, 2.45) is 0 Å². The van der Waals surface area contributed by atoms with Gasteiger partial charge < -0.3 is 14.4 Å². The third kappa shape index (κ3) is 3.91. The molecule has 3 aromatic carbocycles. The standard InChI is InChI=1S/C28H31NO3/c1-4-5-19-29-27(30)25-13-9-10-14-26(25)28(29,23-11-7-6-8-12-23)32-20-21(2)22-15-17-24(31-3)18-16-22/h6-18,21H,4-5,19-20H2,1-3H3/t21-,28?/m0/s1. The maximum absolute atomic E-state index is 13.5. The highest BCUT2D eigenvalue weighted by atomic mass is 16.5. The molecular formula is C28H31NO3. The van der Waals surface area contributed by atoms with Crippen LogP contribution in [-0.4, -0.2) is 31.1 Å². The van der Waals surface area contributed by atoms with Gasteiger partial charge in [0, 0.05) is 29.2 Å². The number of hydrogen-bond donors (Lipinski definition) is 0. The van der Waals surface area contributed by atoms with Crippen molar-refractivity contribution >= 4 is 5.91 Å². The Morgan fingerprint density at radius 2 is 1.62 bits per heavy atom. The van der Waals surface area contributed by atoms with Crippen molar-refractivity contribution in [1.82, 2.24) is 4.90 Å². The Balaban J connectivity index is 1.74. The van der Waals surface area contributed by atoms with Crippen molar-refractivity contribution in [1.29, 1.82) is 0 Å². The highest BCUT2D eigenvalue weighted by Crippen LogP contribution is 2.46. The molecule has 0 saturated heterocycles. The quantitative estimate of drug-likeness (QED) is 0.420. The number of unbranched alkanes of at least 4 members (excludes halogenated alkanes) is 1. The Bertz CT molecular complexity index is 1050. The van der Waals surface area contributed by atoms with Gasteiger partial charge in [0.2, 0.25) is 0 Å². The summed E-state index contributed by atoms with van der Waals surface area (Å²) in [6, 6.07) is 26.1. The molecule has 0 N–H and O–H groups in total. The van der Waals surface area contributed by atoms with Gasteiger partial charge in [-0.1, -0.05) is 80.9 Å². The number of ether oxygens (including phenoxy) is 2. The predicted molar refractivity (Wildman–Crippen MR) is 127 cm³/mol. The van der Waals surface area contributed by atoms with Crippen LogP contribution in [0.3, 0.4) is 0 Å². The van der Waals surface area contributed by atoms with Crippen LogP contribution in [0.15, 0.2) is 78.9 Å². The molecule has 32 heavy (non-hydrogen) atoms. The van der Waals surface area contributed by atoms with E-state index >= 15 is 0 Å². The molecule has 2 atom stereocenters. The van der Waals surface area contributed by atoms with Gasteiger partial charge in [-0.2, -0.15) is 0 Å². The first-order valence-corrected chi connectivity index (χ1v) is 11.4. The highest BCUT2D eigenvalue weighted by Gasteiger charge is 2.51. The molecule has 4 heteroatoms. The molecule has 1 aliphatic heterocycles. The summed E-state index contributed by atoms with van der Waals surface area (Å²) in [5.74, 6) is 1.02.